The maximum Gasteiger partial charge on any atom is 0.231 e. The summed E-state index contributed by atoms with van der Waals surface area (Å²) < 4.78 is 18.8. The van der Waals surface area contributed by atoms with Gasteiger partial charge in [-0.05, 0) is 56.3 Å². The summed E-state index contributed by atoms with van der Waals surface area (Å²) in [4.78, 5) is 15.7. The van der Waals surface area contributed by atoms with E-state index >= 15 is 0 Å². The van der Waals surface area contributed by atoms with E-state index in [-0.39, 0.29) is 17.8 Å². The molecule has 2 aliphatic rings. The molecule has 2 aliphatic heterocycles. The quantitative estimate of drug-likeness (QED) is 0.890. The minimum Gasteiger partial charge on any atom is -0.381 e. The fourth-order valence-corrected chi connectivity index (χ4v) is 4.08. The van der Waals surface area contributed by atoms with Gasteiger partial charge in [0.05, 0.1) is 5.41 Å². The first kappa shape index (κ1) is 18.3. The third-order valence-corrected chi connectivity index (χ3v) is 5.64. The van der Waals surface area contributed by atoms with Gasteiger partial charge in [-0.25, -0.2) is 4.39 Å². The summed E-state index contributed by atoms with van der Waals surface area (Å²) in [6.07, 6.45) is 4.48. The molecule has 0 saturated carbocycles. The number of halogens is 1. The lowest BCUT2D eigenvalue weighted by Crippen LogP contribution is -2.53. The van der Waals surface area contributed by atoms with E-state index in [1.54, 1.807) is 12.1 Å². The normalized spacial score (nSPS) is 21.8. The van der Waals surface area contributed by atoms with E-state index in [0.29, 0.717) is 26.1 Å². The molecule has 1 amide bonds. The number of nitrogens with one attached hydrogen (secondary N) is 1. The lowest BCUT2D eigenvalue weighted by atomic mass is 9.73. The van der Waals surface area contributed by atoms with Crippen LogP contribution in [0.15, 0.2) is 24.3 Å². The Bertz CT molecular complexity index is 562. The molecular formula is C20H29FN2O2. The van der Waals surface area contributed by atoms with E-state index in [9.17, 15) is 9.18 Å². The maximum atomic E-state index is 13.3. The van der Waals surface area contributed by atoms with E-state index in [0.717, 1.165) is 38.0 Å². The molecule has 0 unspecified atom stereocenters. The zero-order chi connectivity index (χ0) is 17.7. The monoisotopic (exact) mass is 348 g/mol. The Morgan fingerprint density at radius 3 is 2.48 bits per heavy atom. The Morgan fingerprint density at radius 2 is 1.88 bits per heavy atom. The Labute approximate surface area is 149 Å². The average molecular weight is 348 g/mol. The third-order valence-electron chi connectivity index (χ3n) is 5.64. The molecule has 0 aliphatic carbocycles. The average Bonchev–Trinajstić information content (AvgIpc) is 2.64. The highest BCUT2D eigenvalue weighted by molar-refractivity contribution is 5.88. The molecule has 2 fully saturated rings. The second-order valence-corrected chi connectivity index (χ2v) is 7.29. The highest BCUT2D eigenvalue weighted by Crippen LogP contribution is 2.35. The van der Waals surface area contributed by atoms with Crippen LogP contribution in [0.25, 0.3) is 0 Å². The summed E-state index contributed by atoms with van der Waals surface area (Å²) in [5.74, 6) is -0.189. The van der Waals surface area contributed by atoms with Crippen molar-refractivity contribution in [3.8, 4) is 0 Å². The van der Waals surface area contributed by atoms with Gasteiger partial charge < -0.3 is 15.0 Å². The summed E-state index contributed by atoms with van der Waals surface area (Å²) in [7, 11) is 0. The zero-order valence-electron chi connectivity index (χ0n) is 15.1. The molecular weight excluding hydrogens is 319 g/mol. The van der Waals surface area contributed by atoms with Crippen molar-refractivity contribution in [2.75, 3.05) is 32.8 Å². The van der Waals surface area contributed by atoms with Crippen LogP contribution in [0.3, 0.4) is 0 Å². The summed E-state index contributed by atoms with van der Waals surface area (Å²) in [6.45, 7) is 6.57. The lowest BCUT2D eigenvalue weighted by molar-refractivity contribution is -0.131. The molecule has 0 atom stereocenters. The molecule has 25 heavy (non-hydrogen) atoms. The minimum atomic E-state index is -0.591. The molecule has 5 heteroatoms. The first-order valence-corrected chi connectivity index (χ1v) is 9.51. The number of hydrogen-bond donors (Lipinski definition) is 1. The lowest BCUT2D eigenvalue weighted by Gasteiger charge is -2.39. The summed E-state index contributed by atoms with van der Waals surface area (Å²) in [6, 6.07) is 6.64. The summed E-state index contributed by atoms with van der Waals surface area (Å²) in [5.41, 5.74) is 0.310. The predicted molar refractivity (Wildman–Crippen MR) is 96.0 cm³/mol. The van der Waals surface area contributed by atoms with E-state index in [1.807, 2.05) is 0 Å². The highest BCUT2D eigenvalue weighted by Gasteiger charge is 2.42. The van der Waals surface area contributed by atoms with Gasteiger partial charge in [0.25, 0.3) is 0 Å². The van der Waals surface area contributed by atoms with Crippen LogP contribution < -0.4 is 5.32 Å². The van der Waals surface area contributed by atoms with Gasteiger partial charge in [-0.2, -0.15) is 0 Å². The largest absolute Gasteiger partial charge is 0.381 e. The van der Waals surface area contributed by atoms with Gasteiger partial charge in [0.15, 0.2) is 0 Å². The second kappa shape index (κ2) is 8.28. The maximum absolute atomic E-state index is 13.3. The van der Waals surface area contributed by atoms with E-state index < -0.39 is 5.41 Å². The van der Waals surface area contributed by atoms with Gasteiger partial charge in [-0.15, -0.1) is 0 Å². The fourth-order valence-electron chi connectivity index (χ4n) is 4.08. The molecule has 4 nitrogen and oxygen atoms in total. The molecule has 0 radical (unpaired) electrons. The number of carbonyl (C=O) groups excluding carboxylic acids is 1. The molecule has 0 bridgehead atoms. The number of hydrogen-bond acceptors (Lipinski definition) is 3. The van der Waals surface area contributed by atoms with Crippen molar-refractivity contribution in [3.63, 3.8) is 0 Å². The number of amides is 1. The van der Waals surface area contributed by atoms with Crippen molar-refractivity contribution >= 4 is 5.91 Å². The van der Waals surface area contributed by atoms with Gasteiger partial charge in [0, 0.05) is 32.3 Å². The Balaban J connectivity index is 1.69. The Morgan fingerprint density at radius 1 is 1.24 bits per heavy atom. The van der Waals surface area contributed by atoms with Crippen LogP contribution in [0.4, 0.5) is 4.39 Å². The number of likely N-dealkylation sites (tertiary alicyclic amines) is 1. The first-order valence-electron chi connectivity index (χ1n) is 9.51. The van der Waals surface area contributed by atoms with Crippen molar-refractivity contribution in [1.29, 1.82) is 0 Å². The molecule has 0 spiro atoms. The zero-order valence-corrected chi connectivity index (χ0v) is 15.1. The van der Waals surface area contributed by atoms with Gasteiger partial charge in [-0.3, -0.25) is 4.79 Å². The smallest absolute Gasteiger partial charge is 0.231 e. The second-order valence-electron chi connectivity index (χ2n) is 7.29. The molecule has 2 heterocycles. The van der Waals surface area contributed by atoms with Gasteiger partial charge in [-0.1, -0.05) is 19.1 Å². The number of nitrogens with zero attached hydrogens (tertiary/aromatic N) is 1. The van der Waals surface area contributed by atoms with Crippen LogP contribution in [-0.4, -0.2) is 49.7 Å². The molecule has 2 saturated heterocycles. The third kappa shape index (κ3) is 4.21. The van der Waals surface area contributed by atoms with Crippen LogP contribution in [-0.2, 0) is 14.9 Å². The van der Waals surface area contributed by atoms with Crippen LogP contribution in [0.2, 0.25) is 0 Å². The van der Waals surface area contributed by atoms with E-state index in [1.165, 1.54) is 18.6 Å². The van der Waals surface area contributed by atoms with Crippen LogP contribution in [0.5, 0.6) is 0 Å². The number of rotatable bonds is 5. The number of ether oxygens (including phenoxy) is 1. The molecule has 1 aromatic carbocycles. The van der Waals surface area contributed by atoms with Crippen molar-refractivity contribution in [1.82, 2.24) is 10.2 Å². The Kier molecular flexibility index (Phi) is 6.07. The number of piperidine rings is 1. The molecule has 138 valence electrons. The summed E-state index contributed by atoms with van der Waals surface area (Å²) in [5, 5.41) is 3.29. The van der Waals surface area contributed by atoms with Crippen molar-refractivity contribution in [3.05, 3.63) is 35.6 Å². The van der Waals surface area contributed by atoms with Gasteiger partial charge in [0.2, 0.25) is 5.91 Å². The van der Waals surface area contributed by atoms with E-state index in [2.05, 4.69) is 17.1 Å². The summed E-state index contributed by atoms with van der Waals surface area (Å²) >= 11 is 0. The van der Waals surface area contributed by atoms with Crippen molar-refractivity contribution < 1.29 is 13.9 Å². The van der Waals surface area contributed by atoms with Crippen molar-refractivity contribution in [2.24, 2.45) is 0 Å². The van der Waals surface area contributed by atoms with E-state index in [4.69, 9.17) is 4.74 Å². The molecule has 3 rings (SSSR count). The fraction of sp³-hybridized carbons (Fsp3) is 0.650. The van der Waals surface area contributed by atoms with Crippen LogP contribution >= 0.6 is 0 Å². The highest BCUT2D eigenvalue weighted by atomic mass is 19.1. The molecule has 1 N–H and O–H groups in total. The predicted octanol–water partition coefficient (Wildman–Crippen LogP) is 2.86. The Hall–Kier alpha value is -1.46. The van der Waals surface area contributed by atoms with Gasteiger partial charge >= 0.3 is 0 Å². The standard InChI is InChI=1S/C20H29FN2O2/c1-2-11-23-12-7-18(8-13-23)22-19(24)20(9-14-25-15-10-20)16-3-5-17(21)6-4-16/h3-6,18H,2,7-15H2,1H3,(H,22,24). The van der Waals surface area contributed by atoms with Crippen LogP contribution in [0.1, 0.15) is 44.6 Å². The van der Waals surface area contributed by atoms with Gasteiger partial charge in [0.1, 0.15) is 5.82 Å². The molecule has 0 aromatic heterocycles. The molecule has 1 aromatic rings. The topological polar surface area (TPSA) is 41.6 Å². The SMILES string of the molecule is CCCN1CCC(NC(=O)C2(c3ccc(F)cc3)CCOCC2)CC1. The van der Waals surface area contributed by atoms with Crippen molar-refractivity contribution in [2.45, 2.75) is 50.5 Å². The number of carbonyl (C=O) groups is 1. The van der Waals surface area contributed by atoms with Crippen LogP contribution in [0, 0.1) is 5.82 Å². The minimum absolute atomic E-state index is 0.0800. The first-order chi connectivity index (χ1) is 12.1. The number of benzene rings is 1.